The number of carbonyl (C=O) groups is 1. The number of amides is 1. The first-order chi connectivity index (χ1) is 10.1. The fourth-order valence-corrected chi connectivity index (χ4v) is 1.98. The largest absolute Gasteiger partial charge is 0.497 e. The Morgan fingerprint density at radius 2 is 2.14 bits per heavy atom. The lowest BCUT2D eigenvalue weighted by molar-refractivity contribution is 0.0785. The van der Waals surface area contributed by atoms with Crippen molar-refractivity contribution in [2.75, 3.05) is 27.0 Å². The Bertz CT molecular complexity index is 625. The minimum absolute atomic E-state index is 0.217. The molecule has 0 saturated heterocycles. The summed E-state index contributed by atoms with van der Waals surface area (Å²) in [4.78, 5) is 14.1. The van der Waals surface area contributed by atoms with Crippen LogP contribution in [0.2, 0.25) is 0 Å². The molecule has 0 saturated carbocycles. The summed E-state index contributed by atoms with van der Waals surface area (Å²) >= 11 is 0. The number of carbonyl (C=O) groups excluding carboxylic acids is 1. The average Bonchev–Trinajstić information content (AvgIpc) is 2.99. The monoisotopic (exact) mass is 290 g/mol. The van der Waals surface area contributed by atoms with Crippen LogP contribution in [-0.4, -0.2) is 42.3 Å². The molecular weight excluding hydrogens is 272 g/mol. The summed E-state index contributed by atoms with van der Waals surface area (Å²) in [7, 11) is 4.71. The van der Waals surface area contributed by atoms with Crippen molar-refractivity contribution in [3.63, 3.8) is 0 Å². The zero-order chi connectivity index (χ0) is 15.4. The summed E-state index contributed by atoms with van der Waals surface area (Å²) in [5.41, 5.74) is 7.52. The summed E-state index contributed by atoms with van der Waals surface area (Å²) < 4.78 is 10.3. The number of anilines is 1. The number of hydrogen-bond donors (Lipinski definition) is 2. The van der Waals surface area contributed by atoms with Crippen LogP contribution in [0.5, 0.6) is 11.5 Å². The Morgan fingerprint density at radius 3 is 2.71 bits per heavy atom. The molecule has 7 nitrogen and oxygen atoms in total. The SMILES string of the molecule is COc1cc(OC)c(N)c(C(=O)N(C)Cc2cn[nH]c2)c1. The van der Waals surface area contributed by atoms with Gasteiger partial charge in [0.2, 0.25) is 0 Å². The Morgan fingerprint density at radius 1 is 1.38 bits per heavy atom. The first-order valence-electron chi connectivity index (χ1n) is 6.31. The van der Waals surface area contributed by atoms with Crippen LogP contribution in [0, 0.1) is 0 Å². The average molecular weight is 290 g/mol. The van der Waals surface area contributed by atoms with Crippen LogP contribution in [-0.2, 0) is 6.54 Å². The van der Waals surface area contributed by atoms with E-state index in [-0.39, 0.29) is 5.91 Å². The number of hydrogen-bond acceptors (Lipinski definition) is 5. The molecule has 21 heavy (non-hydrogen) atoms. The van der Waals surface area contributed by atoms with Gasteiger partial charge in [0.05, 0.1) is 31.7 Å². The lowest BCUT2D eigenvalue weighted by Crippen LogP contribution is -2.27. The quantitative estimate of drug-likeness (QED) is 0.809. The van der Waals surface area contributed by atoms with Crippen LogP contribution in [0.4, 0.5) is 5.69 Å². The third kappa shape index (κ3) is 3.07. The maximum Gasteiger partial charge on any atom is 0.256 e. The molecule has 3 N–H and O–H groups in total. The number of benzene rings is 1. The van der Waals surface area contributed by atoms with Gasteiger partial charge in [0.25, 0.3) is 5.91 Å². The van der Waals surface area contributed by atoms with Crippen molar-refractivity contribution in [3.8, 4) is 11.5 Å². The van der Waals surface area contributed by atoms with E-state index in [9.17, 15) is 4.79 Å². The van der Waals surface area contributed by atoms with Gasteiger partial charge in [-0.2, -0.15) is 5.10 Å². The molecule has 1 heterocycles. The standard InChI is InChI=1S/C14H18N4O3/c1-18(8-9-6-16-17-7-9)14(19)11-4-10(20-2)5-12(21-3)13(11)15/h4-7H,8,15H2,1-3H3,(H,16,17). The fourth-order valence-electron chi connectivity index (χ4n) is 1.98. The molecule has 0 atom stereocenters. The van der Waals surface area contributed by atoms with E-state index in [0.29, 0.717) is 29.3 Å². The number of nitrogens with two attached hydrogens (primary N) is 1. The van der Waals surface area contributed by atoms with Gasteiger partial charge in [-0.1, -0.05) is 0 Å². The second-order valence-electron chi connectivity index (χ2n) is 4.56. The van der Waals surface area contributed by atoms with Crippen molar-refractivity contribution in [2.24, 2.45) is 0 Å². The van der Waals surface area contributed by atoms with E-state index < -0.39 is 0 Å². The summed E-state index contributed by atoms with van der Waals surface area (Å²) in [6.45, 7) is 0.425. The van der Waals surface area contributed by atoms with Gasteiger partial charge in [0.1, 0.15) is 11.5 Å². The van der Waals surface area contributed by atoms with Gasteiger partial charge >= 0.3 is 0 Å². The molecule has 0 radical (unpaired) electrons. The molecule has 0 aliphatic rings. The van der Waals surface area contributed by atoms with E-state index in [1.807, 2.05) is 0 Å². The molecule has 0 fully saturated rings. The number of nitrogen functional groups attached to an aromatic ring is 1. The van der Waals surface area contributed by atoms with Crippen LogP contribution < -0.4 is 15.2 Å². The van der Waals surface area contributed by atoms with Crippen LogP contribution in [0.15, 0.2) is 24.5 Å². The van der Waals surface area contributed by atoms with Gasteiger partial charge in [-0.05, 0) is 6.07 Å². The molecule has 1 amide bonds. The van der Waals surface area contributed by atoms with E-state index in [4.69, 9.17) is 15.2 Å². The Labute approximate surface area is 122 Å². The van der Waals surface area contributed by atoms with Crippen molar-refractivity contribution in [2.45, 2.75) is 6.54 Å². The van der Waals surface area contributed by atoms with Gasteiger partial charge in [0.15, 0.2) is 0 Å². The molecule has 1 aromatic heterocycles. The topological polar surface area (TPSA) is 93.5 Å². The van der Waals surface area contributed by atoms with E-state index in [1.54, 1.807) is 36.5 Å². The molecule has 0 aliphatic carbocycles. The number of nitrogens with zero attached hydrogens (tertiary/aromatic N) is 2. The molecule has 0 aliphatic heterocycles. The lowest BCUT2D eigenvalue weighted by Gasteiger charge is -2.19. The van der Waals surface area contributed by atoms with Gasteiger partial charge in [0, 0.05) is 31.4 Å². The second kappa shape index (κ2) is 6.17. The second-order valence-corrected chi connectivity index (χ2v) is 4.56. The minimum Gasteiger partial charge on any atom is -0.497 e. The molecule has 0 bridgehead atoms. The van der Waals surface area contributed by atoms with Crippen molar-refractivity contribution < 1.29 is 14.3 Å². The van der Waals surface area contributed by atoms with Gasteiger partial charge < -0.3 is 20.1 Å². The molecule has 7 heteroatoms. The highest BCUT2D eigenvalue weighted by atomic mass is 16.5. The minimum atomic E-state index is -0.217. The Hall–Kier alpha value is -2.70. The third-order valence-corrected chi connectivity index (χ3v) is 3.12. The van der Waals surface area contributed by atoms with E-state index in [1.165, 1.54) is 14.2 Å². The zero-order valence-corrected chi connectivity index (χ0v) is 12.2. The first-order valence-corrected chi connectivity index (χ1v) is 6.31. The number of rotatable bonds is 5. The molecule has 0 unspecified atom stereocenters. The lowest BCUT2D eigenvalue weighted by atomic mass is 10.1. The first kappa shape index (κ1) is 14.7. The Kier molecular flexibility index (Phi) is 4.32. The molecule has 112 valence electrons. The molecule has 2 aromatic rings. The molecule has 1 aromatic carbocycles. The summed E-state index contributed by atoms with van der Waals surface area (Å²) in [6.07, 6.45) is 3.40. The van der Waals surface area contributed by atoms with Gasteiger partial charge in [-0.25, -0.2) is 0 Å². The maximum absolute atomic E-state index is 12.5. The summed E-state index contributed by atoms with van der Waals surface area (Å²) in [5.74, 6) is 0.710. The maximum atomic E-state index is 12.5. The van der Waals surface area contributed by atoms with Crippen LogP contribution in [0.3, 0.4) is 0 Å². The van der Waals surface area contributed by atoms with Gasteiger partial charge in [-0.3, -0.25) is 9.89 Å². The normalized spacial score (nSPS) is 10.2. The highest BCUT2D eigenvalue weighted by molar-refractivity contribution is 6.00. The summed E-state index contributed by atoms with van der Waals surface area (Å²) in [5, 5.41) is 6.56. The number of H-pyrrole nitrogens is 1. The predicted molar refractivity (Wildman–Crippen MR) is 78.3 cm³/mol. The van der Waals surface area contributed by atoms with Crippen molar-refractivity contribution >= 4 is 11.6 Å². The predicted octanol–water partition coefficient (Wildman–Crippen LogP) is 1.28. The Balaban J connectivity index is 2.29. The van der Waals surface area contributed by atoms with E-state index in [2.05, 4.69) is 10.2 Å². The smallest absolute Gasteiger partial charge is 0.256 e. The van der Waals surface area contributed by atoms with Crippen LogP contribution >= 0.6 is 0 Å². The number of ether oxygens (including phenoxy) is 2. The van der Waals surface area contributed by atoms with Crippen molar-refractivity contribution in [1.29, 1.82) is 0 Å². The number of methoxy groups -OCH3 is 2. The molecular formula is C14H18N4O3. The van der Waals surface area contributed by atoms with Crippen molar-refractivity contribution in [1.82, 2.24) is 15.1 Å². The van der Waals surface area contributed by atoms with E-state index in [0.717, 1.165) is 5.56 Å². The number of aromatic nitrogens is 2. The third-order valence-electron chi connectivity index (χ3n) is 3.12. The van der Waals surface area contributed by atoms with Crippen LogP contribution in [0.1, 0.15) is 15.9 Å². The van der Waals surface area contributed by atoms with Crippen molar-refractivity contribution in [3.05, 3.63) is 35.7 Å². The van der Waals surface area contributed by atoms with Crippen LogP contribution in [0.25, 0.3) is 0 Å². The molecule has 2 rings (SSSR count). The molecule has 0 spiro atoms. The number of aromatic amines is 1. The highest BCUT2D eigenvalue weighted by Gasteiger charge is 2.19. The highest BCUT2D eigenvalue weighted by Crippen LogP contribution is 2.31. The zero-order valence-electron chi connectivity index (χ0n) is 12.2. The number of nitrogens with one attached hydrogen (secondary N) is 1. The van der Waals surface area contributed by atoms with Gasteiger partial charge in [-0.15, -0.1) is 0 Å². The van der Waals surface area contributed by atoms with E-state index >= 15 is 0 Å². The fraction of sp³-hybridized carbons (Fsp3) is 0.286. The summed E-state index contributed by atoms with van der Waals surface area (Å²) in [6, 6.07) is 3.24.